The highest BCUT2D eigenvalue weighted by molar-refractivity contribution is 6.67. The summed E-state index contributed by atoms with van der Waals surface area (Å²) in [7, 11) is 0. The van der Waals surface area contributed by atoms with E-state index in [0.717, 1.165) is 5.92 Å². The molecule has 0 saturated heterocycles. The van der Waals surface area contributed by atoms with Crippen LogP contribution in [-0.4, -0.2) is 5.24 Å². The van der Waals surface area contributed by atoms with Gasteiger partial charge in [0, 0.05) is 5.56 Å². The van der Waals surface area contributed by atoms with Crippen LogP contribution in [0.5, 0.6) is 0 Å². The molecule has 0 heterocycles. The molecule has 20 heavy (non-hydrogen) atoms. The zero-order chi connectivity index (χ0) is 14.4. The Morgan fingerprint density at radius 3 is 2.30 bits per heavy atom. The van der Waals surface area contributed by atoms with Crippen LogP contribution in [0.3, 0.4) is 0 Å². The van der Waals surface area contributed by atoms with Crippen molar-refractivity contribution < 1.29 is 4.79 Å². The van der Waals surface area contributed by atoms with Crippen molar-refractivity contribution in [2.75, 3.05) is 0 Å². The summed E-state index contributed by atoms with van der Waals surface area (Å²) in [5.74, 6) is 1.62. The smallest absolute Gasteiger partial charge is 0.252 e. The van der Waals surface area contributed by atoms with E-state index in [9.17, 15) is 4.79 Å². The Labute approximate surface area is 127 Å². The van der Waals surface area contributed by atoms with Crippen LogP contribution in [0.2, 0.25) is 0 Å². The van der Waals surface area contributed by atoms with E-state index >= 15 is 0 Å². The maximum absolute atomic E-state index is 11.1. The fourth-order valence-corrected chi connectivity index (χ4v) is 3.48. The van der Waals surface area contributed by atoms with Gasteiger partial charge in [-0.15, -0.1) is 0 Å². The first-order valence-electron chi connectivity index (χ1n) is 8.00. The van der Waals surface area contributed by atoms with Gasteiger partial charge in [0.2, 0.25) is 0 Å². The van der Waals surface area contributed by atoms with Gasteiger partial charge < -0.3 is 0 Å². The summed E-state index contributed by atoms with van der Waals surface area (Å²) in [6, 6.07) is 7.88. The molecule has 1 aliphatic rings. The molecule has 1 aromatic carbocycles. The van der Waals surface area contributed by atoms with Gasteiger partial charge in [0.15, 0.2) is 0 Å². The first-order chi connectivity index (χ1) is 9.70. The molecule has 2 rings (SSSR count). The standard InChI is InChI=1S/C18H25ClO/c1-2-3-4-5-14-6-8-15(9-7-14)16-10-12-17(13-11-16)18(19)20/h10-15H,2-9H2,1H3. The van der Waals surface area contributed by atoms with Crippen LogP contribution >= 0.6 is 11.6 Å². The van der Waals surface area contributed by atoms with Crippen molar-refractivity contribution in [1.29, 1.82) is 0 Å². The number of carbonyl (C=O) groups excluding carboxylic acids is 1. The zero-order valence-corrected chi connectivity index (χ0v) is 13.2. The molecule has 1 fully saturated rings. The van der Waals surface area contributed by atoms with Crippen molar-refractivity contribution in [3.63, 3.8) is 0 Å². The number of carbonyl (C=O) groups is 1. The highest BCUT2D eigenvalue weighted by Gasteiger charge is 2.22. The largest absolute Gasteiger partial charge is 0.276 e. The van der Waals surface area contributed by atoms with Gasteiger partial charge in [-0.2, -0.15) is 0 Å². The van der Waals surface area contributed by atoms with E-state index in [4.69, 9.17) is 11.6 Å². The zero-order valence-electron chi connectivity index (χ0n) is 12.4. The lowest BCUT2D eigenvalue weighted by Crippen LogP contribution is -2.13. The molecule has 1 nitrogen and oxygen atoms in total. The van der Waals surface area contributed by atoms with Crippen molar-refractivity contribution in [2.24, 2.45) is 5.92 Å². The van der Waals surface area contributed by atoms with Crippen LogP contribution in [0.4, 0.5) is 0 Å². The third-order valence-electron chi connectivity index (χ3n) is 4.67. The second-order valence-corrected chi connectivity index (χ2v) is 6.45. The number of unbranched alkanes of at least 4 members (excludes halogenated alkanes) is 2. The molecule has 0 spiro atoms. The quantitative estimate of drug-likeness (QED) is 0.470. The fourth-order valence-electron chi connectivity index (χ4n) is 3.35. The van der Waals surface area contributed by atoms with Gasteiger partial charge in [-0.25, -0.2) is 0 Å². The number of hydrogen-bond acceptors (Lipinski definition) is 1. The molecule has 0 unspecified atom stereocenters. The van der Waals surface area contributed by atoms with Crippen LogP contribution < -0.4 is 0 Å². The van der Waals surface area contributed by atoms with Gasteiger partial charge in [-0.1, -0.05) is 44.7 Å². The third-order valence-corrected chi connectivity index (χ3v) is 4.89. The molecule has 0 aliphatic heterocycles. The highest BCUT2D eigenvalue weighted by atomic mass is 35.5. The van der Waals surface area contributed by atoms with Gasteiger partial charge >= 0.3 is 0 Å². The predicted molar refractivity (Wildman–Crippen MR) is 85.5 cm³/mol. The van der Waals surface area contributed by atoms with E-state index in [1.807, 2.05) is 12.1 Å². The van der Waals surface area contributed by atoms with Gasteiger partial charge in [0.05, 0.1) is 0 Å². The van der Waals surface area contributed by atoms with E-state index in [0.29, 0.717) is 11.5 Å². The number of hydrogen-bond donors (Lipinski definition) is 0. The molecule has 0 atom stereocenters. The summed E-state index contributed by atoms with van der Waals surface area (Å²) < 4.78 is 0. The van der Waals surface area contributed by atoms with Crippen LogP contribution in [0.1, 0.15) is 80.1 Å². The molecule has 1 aliphatic carbocycles. The maximum atomic E-state index is 11.1. The normalized spacial score (nSPS) is 22.7. The van der Waals surface area contributed by atoms with Gasteiger partial charge in [-0.05, 0) is 66.8 Å². The third kappa shape index (κ3) is 4.34. The average molecular weight is 293 g/mol. The summed E-state index contributed by atoms with van der Waals surface area (Å²) in [5.41, 5.74) is 1.97. The molecule has 1 aromatic rings. The molecule has 2 heteroatoms. The second kappa shape index (κ2) is 7.83. The van der Waals surface area contributed by atoms with Crippen LogP contribution in [0.15, 0.2) is 24.3 Å². The molecular formula is C18H25ClO. The number of benzene rings is 1. The molecule has 0 N–H and O–H groups in total. The van der Waals surface area contributed by atoms with Crippen molar-refractivity contribution >= 4 is 16.8 Å². The molecular weight excluding hydrogens is 268 g/mol. The topological polar surface area (TPSA) is 17.1 Å². The summed E-state index contributed by atoms with van der Waals surface area (Å²) in [4.78, 5) is 11.1. The van der Waals surface area contributed by atoms with E-state index in [1.165, 1.54) is 56.9 Å². The van der Waals surface area contributed by atoms with Gasteiger partial charge in [-0.3, -0.25) is 4.79 Å². The molecule has 110 valence electrons. The lowest BCUT2D eigenvalue weighted by Gasteiger charge is -2.29. The summed E-state index contributed by atoms with van der Waals surface area (Å²) in [6.07, 6.45) is 10.8. The Bertz CT molecular complexity index is 416. The monoisotopic (exact) mass is 292 g/mol. The van der Waals surface area contributed by atoms with Crippen molar-refractivity contribution in [1.82, 2.24) is 0 Å². The second-order valence-electron chi connectivity index (χ2n) is 6.11. The van der Waals surface area contributed by atoms with E-state index in [1.54, 1.807) is 0 Å². The molecule has 0 radical (unpaired) electrons. The van der Waals surface area contributed by atoms with Gasteiger partial charge in [0.25, 0.3) is 5.24 Å². The SMILES string of the molecule is CCCCCC1CCC(c2ccc(C(=O)Cl)cc2)CC1. The first kappa shape index (κ1) is 15.6. The average Bonchev–Trinajstić information content (AvgIpc) is 2.48. The Hall–Kier alpha value is -0.820. The van der Waals surface area contributed by atoms with E-state index in [2.05, 4.69) is 19.1 Å². The fraction of sp³-hybridized carbons (Fsp3) is 0.611. The lowest BCUT2D eigenvalue weighted by molar-refractivity contribution is 0.108. The lowest BCUT2D eigenvalue weighted by atomic mass is 9.77. The molecule has 0 aromatic heterocycles. The van der Waals surface area contributed by atoms with Crippen LogP contribution in [0.25, 0.3) is 0 Å². The van der Waals surface area contributed by atoms with Crippen LogP contribution in [0, 0.1) is 5.92 Å². The number of halogens is 1. The molecule has 0 amide bonds. The summed E-state index contributed by atoms with van der Waals surface area (Å²) >= 11 is 5.48. The Balaban J connectivity index is 1.82. The number of rotatable bonds is 6. The maximum Gasteiger partial charge on any atom is 0.252 e. The Morgan fingerprint density at radius 2 is 1.75 bits per heavy atom. The van der Waals surface area contributed by atoms with Crippen molar-refractivity contribution in [3.05, 3.63) is 35.4 Å². The minimum atomic E-state index is -0.365. The minimum absolute atomic E-state index is 0.365. The van der Waals surface area contributed by atoms with Crippen molar-refractivity contribution in [2.45, 2.75) is 64.2 Å². The summed E-state index contributed by atoms with van der Waals surface area (Å²) in [5, 5.41) is -0.365. The molecule has 1 saturated carbocycles. The summed E-state index contributed by atoms with van der Waals surface area (Å²) in [6.45, 7) is 2.27. The van der Waals surface area contributed by atoms with Crippen molar-refractivity contribution in [3.8, 4) is 0 Å². The Kier molecular flexibility index (Phi) is 6.09. The highest BCUT2D eigenvalue weighted by Crippen LogP contribution is 2.37. The van der Waals surface area contributed by atoms with E-state index in [-0.39, 0.29) is 5.24 Å². The predicted octanol–water partition coefficient (Wildman–Crippen LogP) is 5.92. The molecule has 0 bridgehead atoms. The first-order valence-corrected chi connectivity index (χ1v) is 8.38. The van der Waals surface area contributed by atoms with Gasteiger partial charge in [0.1, 0.15) is 0 Å². The van der Waals surface area contributed by atoms with E-state index < -0.39 is 0 Å². The Morgan fingerprint density at radius 1 is 1.10 bits per heavy atom. The minimum Gasteiger partial charge on any atom is -0.276 e. The van der Waals surface area contributed by atoms with Crippen LogP contribution in [-0.2, 0) is 0 Å².